The van der Waals surface area contributed by atoms with Crippen LogP contribution in [0.15, 0.2) is 72.0 Å². The summed E-state index contributed by atoms with van der Waals surface area (Å²) in [6.45, 7) is 9.58. The molecule has 3 amide bonds. The first kappa shape index (κ1) is 38.8. The molecule has 60 heavy (non-hydrogen) atoms. The zero-order chi connectivity index (χ0) is 41.9. The molecule has 3 aromatic heterocycles. The van der Waals surface area contributed by atoms with E-state index in [9.17, 15) is 14.4 Å². The second-order valence-corrected chi connectivity index (χ2v) is 16.4. The van der Waals surface area contributed by atoms with Gasteiger partial charge in [0.1, 0.15) is 28.7 Å². The molecule has 1 unspecified atom stereocenters. The summed E-state index contributed by atoms with van der Waals surface area (Å²) in [6.07, 6.45) is 5.42. The summed E-state index contributed by atoms with van der Waals surface area (Å²) in [6, 6.07) is 12.6. The van der Waals surface area contributed by atoms with Crippen molar-refractivity contribution in [1.82, 2.24) is 39.8 Å². The standard InChI is InChI=1S/C42H50N14O4/c1-24-15-34(51-41(47-24)55-20-42(21-55)22-60-23-42)50-33(43)16-32(35(44)38(57)45-3)48-29-10-7-9-27-28-17-46-56(36(28)25(2)52(4)37(27)29)26-18-54(19-26)40(59)31-12-8-11-30(49-31)39(58)53-13-5-6-14-53/h7-12,15-17,25-26,48H,5-6,13-14,18-23,43-44H2,1-4H3,(H,45,57)(H,47,50,51)/b33-16+,35-32+. The van der Waals surface area contributed by atoms with E-state index in [-0.39, 0.29) is 52.2 Å². The van der Waals surface area contributed by atoms with Crippen LogP contribution in [0, 0.1) is 12.3 Å². The summed E-state index contributed by atoms with van der Waals surface area (Å²) in [7, 11) is 3.53. The van der Waals surface area contributed by atoms with Gasteiger partial charge in [0.15, 0.2) is 0 Å². The molecule has 1 spiro atoms. The van der Waals surface area contributed by atoms with E-state index in [0.29, 0.717) is 49.3 Å². The number of hydrogen-bond donors (Lipinski definition) is 5. The number of nitrogens with zero attached hydrogens (tertiary/aromatic N) is 9. The number of carbonyl (C=O) groups is 3. The summed E-state index contributed by atoms with van der Waals surface area (Å²) in [5.74, 6) is 0.523. The maximum absolute atomic E-state index is 13.5. The Morgan fingerprint density at radius 2 is 1.62 bits per heavy atom. The molecule has 18 heteroatoms. The molecule has 5 aliphatic rings. The smallest absolute Gasteiger partial charge is 0.272 e. The number of benzene rings is 1. The first-order valence-corrected chi connectivity index (χ1v) is 20.3. The Kier molecular flexibility index (Phi) is 9.81. The molecule has 1 atom stereocenters. The number of carbonyl (C=O) groups excluding carboxylic acids is 3. The summed E-state index contributed by atoms with van der Waals surface area (Å²) < 4.78 is 7.44. The number of hydrogen-bond acceptors (Lipinski definition) is 14. The number of fused-ring (bicyclic) bond motifs is 3. The topological polar surface area (TPSA) is 218 Å². The molecular weight excluding hydrogens is 765 g/mol. The number of nitrogens with two attached hydrogens (primary N) is 2. The van der Waals surface area contributed by atoms with Crippen LogP contribution in [0.3, 0.4) is 0 Å². The molecule has 9 rings (SSSR count). The van der Waals surface area contributed by atoms with Crippen molar-refractivity contribution in [2.45, 2.75) is 38.8 Å². The normalized spacial score (nSPS) is 19.7. The molecule has 4 fully saturated rings. The number of pyridine rings is 1. The van der Waals surface area contributed by atoms with E-state index in [0.717, 1.165) is 67.3 Å². The molecule has 0 radical (unpaired) electrons. The van der Waals surface area contributed by atoms with E-state index in [4.69, 9.17) is 26.3 Å². The highest BCUT2D eigenvalue weighted by Gasteiger charge is 2.50. The van der Waals surface area contributed by atoms with Gasteiger partial charge in [0.25, 0.3) is 17.7 Å². The summed E-state index contributed by atoms with van der Waals surface area (Å²) in [4.78, 5) is 61.1. The van der Waals surface area contributed by atoms with Gasteiger partial charge in [-0.05, 0) is 44.9 Å². The molecule has 4 saturated heterocycles. The van der Waals surface area contributed by atoms with E-state index in [1.807, 2.05) is 43.0 Å². The van der Waals surface area contributed by atoms with Gasteiger partial charge in [-0.1, -0.05) is 18.2 Å². The van der Waals surface area contributed by atoms with Crippen molar-refractivity contribution < 1.29 is 19.1 Å². The first-order chi connectivity index (χ1) is 28.9. The minimum Gasteiger partial charge on any atom is -0.393 e. The first-order valence-electron chi connectivity index (χ1n) is 20.3. The second-order valence-electron chi connectivity index (χ2n) is 16.4. The predicted molar refractivity (Wildman–Crippen MR) is 226 cm³/mol. The van der Waals surface area contributed by atoms with E-state index < -0.39 is 5.91 Å². The van der Waals surface area contributed by atoms with Crippen LogP contribution in [0.4, 0.5) is 23.1 Å². The number of allylic oxidation sites excluding steroid dienone is 1. The monoisotopic (exact) mass is 814 g/mol. The Labute approximate surface area is 347 Å². The van der Waals surface area contributed by atoms with Crippen molar-refractivity contribution >= 4 is 40.9 Å². The molecule has 18 nitrogen and oxygen atoms in total. The molecule has 5 aliphatic heterocycles. The van der Waals surface area contributed by atoms with E-state index in [1.54, 1.807) is 40.1 Å². The Balaban J connectivity index is 0.932. The van der Waals surface area contributed by atoms with Gasteiger partial charge < -0.3 is 51.8 Å². The van der Waals surface area contributed by atoms with E-state index in [2.05, 4.69) is 42.6 Å². The van der Waals surface area contributed by atoms with Gasteiger partial charge >= 0.3 is 0 Å². The fourth-order valence-corrected chi connectivity index (χ4v) is 8.76. The van der Waals surface area contributed by atoms with Crippen molar-refractivity contribution in [1.29, 1.82) is 0 Å². The number of aromatic nitrogens is 5. The predicted octanol–water partition coefficient (Wildman–Crippen LogP) is 2.56. The number of para-hydroxylation sites is 1. The lowest BCUT2D eigenvalue weighted by Gasteiger charge is -2.54. The Morgan fingerprint density at radius 3 is 2.30 bits per heavy atom. The van der Waals surface area contributed by atoms with Crippen LogP contribution >= 0.6 is 0 Å². The van der Waals surface area contributed by atoms with Gasteiger partial charge in [0.05, 0.1) is 59.7 Å². The fraction of sp³-hybridized carbons (Fsp3) is 0.405. The molecule has 0 aliphatic carbocycles. The van der Waals surface area contributed by atoms with Gasteiger partial charge in [-0.15, -0.1) is 0 Å². The van der Waals surface area contributed by atoms with Crippen LogP contribution in [0.2, 0.25) is 0 Å². The molecule has 8 heterocycles. The van der Waals surface area contributed by atoms with Crippen molar-refractivity contribution in [3.8, 4) is 11.1 Å². The summed E-state index contributed by atoms with van der Waals surface area (Å²) >= 11 is 0. The number of likely N-dealkylation sites (tertiary alicyclic amines) is 2. The lowest BCUT2D eigenvalue weighted by molar-refractivity contribution is -0.127. The largest absolute Gasteiger partial charge is 0.393 e. The van der Waals surface area contributed by atoms with Crippen molar-refractivity contribution in [3.05, 3.63) is 94.7 Å². The van der Waals surface area contributed by atoms with Crippen LogP contribution in [0.25, 0.3) is 11.1 Å². The third kappa shape index (κ3) is 6.89. The number of anilines is 4. The second kappa shape index (κ2) is 15.2. The Hall–Kier alpha value is -6.69. The maximum atomic E-state index is 13.5. The van der Waals surface area contributed by atoms with Gasteiger partial charge in [0.2, 0.25) is 5.95 Å². The lowest BCUT2D eigenvalue weighted by atomic mass is 9.78. The third-order valence-corrected chi connectivity index (χ3v) is 12.2. The lowest BCUT2D eigenvalue weighted by Crippen LogP contribution is -2.66. The van der Waals surface area contributed by atoms with Gasteiger partial charge in [0, 0.05) is 82.3 Å². The highest BCUT2D eigenvalue weighted by Crippen LogP contribution is 2.48. The van der Waals surface area contributed by atoms with Crippen LogP contribution in [0.1, 0.15) is 64.2 Å². The minimum absolute atomic E-state index is 0.0389. The number of likely N-dealkylation sites (N-methyl/N-ethyl adjacent to an activating group) is 1. The maximum Gasteiger partial charge on any atom is 0.272 e. The van der Waals surface area contributed by atoms with Gasteiger partial charge in [-0.25, -0.2) is 9.97 Å². The number of nitrogens with one attached hydrogen (secondary N) is 3. The molecule has 7 N–H and O–H groups in total. The average molecular weight is 815 g/mol. The van der Waals surface area contributed by atoms with E-state index >= 15 is 0 Å². The van der Waals surface area contributed by atoms with Crippen LogP contribution in [0.5, 0.6) is 0 Å². The van der Waals surface area contributed by atoms with Gasteiger partial charge in [-0.3, -0.25) is 19.1 Å². The summed E-state index contributed by atoms with van der Waals surface area (Å²) in [5, 5.41) is 14.1. The molecule has 0 bridgehead atoms. The molecular formula is C42H50N14O4. The zero-order valence-corrected chi connectivity index (χ0v) is 34.2. The number of amides is 3. The average Bonchev–Trinajstić information content (AvgIpc) is 3.89. The van der Waals surface area contributed by atoms with Crippen LogP contribution in [-0.2, 0) is 9.53 Å². The number of aryl methyl sites for hydroxylation is 1. The van der Waals surface area contributed by atoms with Crippen molar-refractivity contribution in [3.63, 3.8) is 0 Å². The fourth-order valence-electron chi connectivity index (χ4n) is 8.76. The van der Waals surface area contributed by atoms with Crippen molar-refractivity contribution in [2.75, 3.05) is 87.0 Å². The third-order valence-electron chi connectivity index (χ3n) is 12.2. The number of ether oxygens (including phenoxy) is 1. The molecule has 312 valence electrons. The molecule has 1 aromatic carbocycles. The Morgan fingerprint density at radius 1 is 0.917 bits per heavy atom. The Bertz CT molecular complexity index is 2440. The molecule has 0 saturated carbocycles. The molecule has 4 aromatic rings. The summed E-state index contributed by atoms with van der Waals surface area (Å²) in [5.41, 5.74) is 19.3. The quantitative estimate of drug-likeness (QED) is 0.115. The highest BCUT2D eigenvalue weighted by atomic mass is 16.5. The highest BCUT2D eigenvalue weighted by molar-refractivity contribution is 5.97. The zero-order valence-electron chi connectivity index (χ0n) is 34.2. The van der Waals surface area contributed by atoms with Crippen LogP contribution < -0.4 is 37.2 Å². The van der Waals surface area contributed by atoms with Gasteiger partial charge in [-0.2, -0.15) is 10.1 Å². The van der Waals surface area contributed by atoms with Crippen molar-refractivity contribution in [2.24, 2.45) is 16.9 Å². The SMILES string of the molecule is CNC(=O)/C(N)=C(/C=C(\N)Nc1cc(C)nc(N2CC3(COC3)C2)n1)Nc1cccc2c1N(C)C(C)c1c-2cnn1C1CN(C(=O)c2cccc(C(=O)N3CCCC3)n2)C1. The number of rotatable bonds is 10. The van der Waals surface area contributed by atoms with Crippen LogP contribution in [-0.4, -0.2) is 119 Å². The minimum atomic E-state index is -0.476. The van der Waals surface area contributed by atoms with E-state index in [1.165, 1.54) is 7.05 Å².